The summed E-state index contributed by atoms with van der Waals surface area (Å²) >= 11 is 0. The van der Waals surface area contributed by atoms with Crippen LogP contribution in [0.25, 0.3) is 0 Å². The monoisotopic (exact) mass is 291 g/mol. The van der Waals surface area contributed by atoms with Gasteiger partial charge >= 0.3 is 0 Å². The molecule has 1 aliphatic heterocycles. The predicted octanol–water partition coefficient (Wildman–Crippen LogP) is 1.30. The van der Waals surface area contributed by atoms with Crippen molar-refractivity contribution in [2.75, 3.05) is 19.6 Å². The van der Waals surface area contributed by atoms with Crippen molar-refractivity contribution in [3.05, 3.63) is 29.3 Å². The topological polar surface area (TPSA) is 78.6 Å². The number of likely N-dealkylation sites (tertiary alicyclic amines) is 1. The van der Waals surface area contributed by atoms with Gasteiger partial charge in [0.2, 0.25) is 5.91 Å². The Hall–Kier alpha value is -1.59. The van der Waals surface area contributed by atoms with Crippen LogP contribution in [0, 0.1) is 6.92 Å². The summed E-state index contributed by atoms with van der Waals surface area (Å²) < 4.78 is 0. The summed E-state index contributed by atoms with van der Waals surface area (Å²) in [6.45, 7) is 6.15. The SMILES string of the molecule is Cc1ccc(C(C)NC2CCN(CC(N)=O)CC2)c(O)c1. The number of aromatic hydroxyl groups is 1. The number of rotatable bonds is 5. The highest BCUT2D eigenvalue weighted by molar-refractivity contribution is 5.75. The second-order valence-electron chi connectivity index (χ2n) is 5.97. The molecule has 0 saturated carbocycles. The van der Waals surface area contributed by atoms with Gasteiger partial charge in [0, 0.05) is 30.7 Å². The van der Waals surface area contributed by atoms with E-state index in [4.69, 9.17) is 5.73 Å². The summed E-state index contributed by atoms with van der Waals surface area (Å²) in [6.07, 6.45) is 1.98. The number of piperidine rings is 1. The Labute approximate surface area is 126 Å². The highest BCUT2D eigenvalue weighted by atomic mass is 16.3. The van der Waals surface area contributed by atoms with Crippen molar-refractivity contribution in [2.45, 2.75) is 38.8 Å². The van der Waals surface area contributed by atoms with Crippen molar-refractivity contribution < 1.29 is 9.90 Å². The maximum atomic E-state index is 10.9. The number of amides is 1. The first kappa shape index (κ1) is 15.8. The Morgan fingerprint density at radius 1 is 1.48 bits per heavy atom. The number of benzene rings is 1. The molecule has 0 aliphatic carbocycles. The summed E-state index contributed by atoms with van der Waals surface area (Å²) in [5.41, 5.74) is 7.21. The lowest BCUT2D eigenvalue weighted by Crippen LogP contribution is -2.45. The van der Waals surface area contributed by atoms with Gasteiger partial charge in [-0.15, -0.1) is 0 Å². The highest BCUT2D eigenvalue weighted by Crippen LogP contribution is 2.26. The van der Waals surface area contributed by atoms with E-state index in [0.29, 0.717) is 18.3 Å². The van der Waals surface area contributed by atoms with Crippen molar-refractivity contribution in [1.29, 1.82) is 0 Å². The maximum Gasteiger partial charge on any atom is 0.231 e. The van der Waals surface area contributed by atoms with Gasteiger partial charge in [-0.1, -0.05) is 12.1 Å². The molecule has 2 rings (SSSR count). The molecular formula is C16H25N3O2. The number of carbonyl (C=O) groups excluding carboxylic acids is 1. The van der Waals surface area contributed by atoms with E-state index in [2.05, 4.69) is 17.1 Å². The molecule has 5 heteroatoms. The number of carbonyl (C=O) groups is 1. The molecule has 1 fully saturated rings. The first-order chi connectivity index (χ1) is 9.95. The standard InChI is InChI=1S/C16H25N3O2/c1-11-3-4-14(15(20)9-11)12(2)18-13-5-7-19(8-6-13)10-16(17)21/h3-4,9,12-13,18,20H,5-8,10H2,1-2H3,(H2,17,21). The molecule has 116 valence electrons. The molecule has 0 spiro atoms. The van der Waals surface area contributed by atoms with E-state index < -0.39 is 0 Å². The molecular weight excluding hydrogens is 266 g/mol. The van der Waals surface area contributed by atoms with Gasteiger partial charge < -0.3 is 16.2 Å². The van der Waals surface area contributed by atoms with Crippen molar-refractivity contribution in [3.8, 4) is 5.75 Å². The molecule has 1 aromatic rings. The van der Waals surface area contributed by atoms with Crippen molar-refractivity contribution >= 4 is 5.91 Å². The minimum atomic E-state index is -0.264. The molecule has 1 saturated heterocycles. The molecule has 0 aromatic heterocycles. The lowest BCUT2D eigenvalue weighted by atomic mass is 10.0. The minimum absolute atomic E-state index is 0.110. The Bertz CT molecular complexity index is 496. The summed E-state index contributed by atoms with van der Waals surface area (Å²) in [7, 11) is 0. The van der Waals surface area contributed by atoms with Crippen LogP contribution < -0.4 is 11.1 Å². The number of aryl methyl sites for hydroxylation is 1. The number of phenols is 1. The van der Waals surface area contributed by atoms with Crippen LogP contribution in [-0.2, 0) is 4.79 Å². The van der Waals surface area contributed by atoms with E-state index in [1.165, 1.54) is 0 Å². The van der Waals surface area contributed by atoms with Crippen molar-refractivity contribution in [1.82, 2.24) is 10.2 Å². The van der Waals surface area contributed by atoms with Crippen molar-refractivity contribution in [3.63, 3.8) is 0 Å². The quantitative estimate of drug-likeness (QED) is 0.764. The molecule has 1 atom stereocenters. The average molecular weight is 291 g/mol. The predicted molar refractivity (Wildman–Crippen MR) is 83.1 cm³/mol. The molecule has 0 bridgehead atoms. The largest absolute Gasteiger partial charge is 0.508 e. The van der Waals surface area contributed by atoms with Gasteiger partial charge in [0.1, 0.15) is 5.75 Å². The van der Waals surface area contributed by atoms with E-state index in [9.17, 15) is 9.90 Å². The van der Waals surface area contributed by atoms with Gasteiger partial charge in [-0.3, -0.25) is 9.69 Å². The van der Waals surface area contributed by atoms with Crippen LogP contribution in [0.2, 0.25) is 0 Å². The number of nitrogens with two attached hydrogens (primary N) is 1. The highest BCUT2D eigenvalue weighted by Gasteiger charge is 2.22. The van der Waals surface area contributed by atoms with E-state index in [0.717, 1.165) is 37.1 Å². The third kappa shape index (κ3) is 4.44. The van der Waals surface area contributed by atoms with Gasteiger partial charge in [0.05, 0.1) is 6.54 Å². The Kier molecular flexibility index (Phi) is 5.20. The third-order valence-corrected chi connectivity index (χ3v) is 4.11. The van der Waals surface area contributed by atoms with Gasteiger partial charge in [0.15, 0.2) is 0 Å². The van der Waals surface area contributed by atoms with Crippen LogP contribution >= 0.6 is 0 Å². The maximum absolute atomic E-state index is 10.9. The number of hydrogen-bond acceptors (Lipinski definition) is 4. The second-order valence-corrected chi connectivity index (χ2v) is 5.97. The Balaban J connectivity index is 1.86. The van der Waals surface area contributed by atoms with Crippen LogP contribution in [0.1, 0.15) is 36.9 Å². The van der Waals surface area contributed by atoms with Crippen LogP contribution in [0.4, 0.5) is 0 Å². The van der Waals surface area contributed by atoms with E-state index in [-0.39, 0.29) is 11.9 Å². The average Bonchev–Trinajstić information content (AvgIpc) is 2.40. The fraction of sp³-hybridized carbons (Fsp3) is 0.562. The molecule has 1 unspecified atom stereocenters. The Morgan fingerprint density at radius 3 is 2.71 bits per heavy atom. The smallest absolute Gasteiger partial charge is 0.231 e. The Morgan fingerprint density at radius 2 is 2.14 bits per heavy atom. The third-order valence-electron chi connectivity index (χ3n) is 4.11. The lowest BCUT2D eigenvalue weighted by Gasteiger charge is -2.33. The summed E-state index contributed by atoms with van der Waals surface area (Å²) in [5, 5.41) is 13.6. The summed E-state index contributed by atoms with van der Waals surface area (Å²) in [4.78, 5) is 13.0. The molecule has 1 aliphatic rings. The number of hydrogen-bond donors (Lipinski definition) is 3. The number of nitrogens with one attached hydrogen (secondary N) is 1. The first-order valence-corrected chi connectivity index (χ1v) is 7.52. The van der Waals surface area contributed by atoms with E-state index >= 15 is 0 Å². The first-order valence-electron chi connectivity index (χ1n) is 7.52. The number of nitrogens with zero attached hydrogens (tertiary/aromatic N) is 1. The molecule has 4 N–H and O–H groups in total. The van der Waals surface area contributed by atoms with E-state index in [1.807, 2.05) is 19.1 Å². The lowest BCUT2D eigenvalue weighted by molar-refractivity contribution is -0.119. The molecule has 1 amide bonds. The fourth-order valence-corrected chi connectivity index (χ4v) is 2.94. The van der Waals surface area contributed by atoms with Crippen LogP contribution in [0.15, 0.2) is 18.2 Å². The fourth-order valence-electron chi connectivity index (χ4n) is 2.94. The van der Waals surface area contributed by atoms with Crippen LogP contribution in [0.5, 0.6) is 5.75 Å². The number of primary amides is 1. The molecule has 1 heterocycles. The molecule has 1 aromatic carbocycles. The zero-order valence-electron chi connectivity index (χ0n) is 12.8. The second kappa shape index (κ2) is 6.91. The zero-order chi connectivity index (χ0) is 15.4. The molecule has 5 nitrogen and oxygen atoms in total. The van der Waals surface area contributed by atoms with Crippen LogP contribution in [-0.4, -0.2) is 41.6 Å². The number of phenolic OH excluding ortho intramolecular Hbond substituents is 1. The molecule has 0 radical (unpaired) electrons. The summed E-state index contributed by atoms with van der Waals surface area (Å²) in [6, 6.07) is 6.30. The van der Waals surface area contributed by atoms with Crippen molar-refractivity contribution in [2.24, 2.45) is 5.73 Å². The summed E-state index contributed by atoms with van der Waals surface area (Å²) in [5.74, 6) is 0.0838. The van der Waals surface area contributed by atoms with E-state index in [1.54, 1.807) is 6.07 Å². The normalized spacial score (nSPS) is 18.6. The van der Waals surface area contributed by atoms with Crippen LogP contribution in [0.3, 0.4) is 0 Å². The molecule has 21 heavy (non-hydrogen) atoms. The zero-order valence-corrected chi connectivity index (χ0v) is 12.8. The van der Waals surface area contributed by atoms with Gasteiger partial charge in [-0.2, -0.15) is 0 Å². The van der Waals surface area contributed by atoms with Gasteiger partial charge in [-0.05, 0) is 38.3 Å². The van der Waals surface area contributed by atoms with Gasteiger partial charge in [0.25, 0.3) is 0 Å². The minimum Gasteiger partial charge on any atom is -0.508 e. The van der Waals surface area contributed by atoms with Gasteiger partial charge in [-0.25, -0.2) is 0 Å².